The minimum atomic E-state index is -1.41. The number of ether oxygens (including phenoxy) is 1. The lowest BCUT2D eigenvalue weighted by Gasteiger charge is -2.72. The highest BCUT2D eigenvalue weighted by molar-refractivity contribution is 7.19. The van der Waals surface area contributed by atoms with Crippen LogP contribution in [0, 0.1) is 45.3 Å². The summed E-state index contributed by atoms with van der Waals surface area (Å²) < 4.78 is 5.83. The number of hydrogen-bond acceptors (Lipinski definition) is 5. The van der Waals surface area contributed by atoms with Crippen LogP contribution in [-0.2, 0) is 23.9 Å². The van der Waals surface area contributed by atoms with Gasteiger partial charge in [0.25, 0.3) is 0 Å². The number of fused-ring (bicyclic) bond motifs is 7. The summed E-state index contributed by atoms with van der Waals surface area (Å²) in [6.07, 6.45) is 6.97. The van der Waals surface area contributed by atoms with Crippen LogP contribution in [0.5, 0.6) is 0 Å². The number of ketones is 2. The van der Waals surface area contributed by atoms with E-state index in [-0.39, 0.29) is 57.5 Å². The Balaban J connectivity index is 1.58. The van der Waals surface area contributed by atoms with Gasteiger partial charge in [0.15, 0.2) is 5.78 Å². The molecule has 5 rings (SSSR count). The fourth-order valence-corrected chi connectivity index (χ4v) is 12.0. The number of carboxylic acid groups (broad SMARTS) is 1. The van der Waals surface area contributed by atoms with Crippen LogP contribution in [0.15, 0.2) is 11.1 Å². The van der Waals surface area contributed by atoms with Gasteiger partial charge in [-0.2, -0.15) is 0 Å². The van der Waals surface area contributed by atoms with Gasteiger partial charge in [-0.1, -0.05) is 41.5 Å². The first-order chi connectivity index (χ1) is 18.0. The Morgan fingerprint density at radius 2 is 1.59 bits per heavy atom. The number of aliphatic carboxylic acids is 1. The second kappa shape index (κ2) is 8.97. The van der Waals surface area contributed by atoms with E-state index in [1.165, 1.54) is 6.92 Å². The molecule has 1 N–H and O–H groups in total. The predicted molar refractivity (Wildman–Crippen MR) is 152 cm³/mol. The van der Waals surface area contributed by atoms with Crippen molar-refractivity contribution in [3.8, 4) is 0 Å². The van der Waals surface area contributed by atoms with E-state index in [0.29, 0.717) is 18.3 Å². The SMILES string of the molecule is CC(=O)O[C@H]1CC[C@@]2(C)C(CC[C@]3(C)C2CCC2C4=C(C(C)C)C(=O)C[C@]4(C(=O)C(=O)O)CC[C@]23C)[C@]1(C)P. The molecule has 0 spiro atoms. The Hall–Kier alpha value is -1.55. The molecule has 0 aliphatic heterocycles. The molecule has 4 saturated carbocycles. The molecule has 4 fully saturated rings. The van der Waals surface area contributed by atoms with Gasteiger partial charge in [0.1, 0.15) is 6.10 Å². The van der Waals surface area contributed by atoms with Crippen LogP contribution in [0.1, 0.15) is 106 Å². The number of carbonyl (C=O) groups excluding carboxylic acids is 3. The van der Waals surface area contributed by atoms with Crippen LogP contribution < -0.4 is 0 Å². The predicted octanol–water partition coefficient (Wildman–Crippen LogP) is 6.16. The molecule has 0 saturated heterocycles. The van der Waals surface area contributed by atoms with Gasteiger partial charge in [-0.15, -0.1) is 9.24 Å². The molecule has 0 heterocycles. The summed E-state index contributed by atoms with van der Waals surface area (Å²) in [4.78, 5) is 50.8. The number of carbonyl (C=O) groups is 4. The number of carboxylic acids is 1. The fourth-order valence-electron chi connectivity index (χ4n) is 11.2. The highest BCUT2D eigenvalue weighted by Crippen LogP contribution is 2.76. The second-order valence-electron chi connectivity index (χ2n) is 14.9. The molecule has 0 aromatic carbocycles. The zero-order valence-electron chi connectivity index (χ0n) is 24.8. The maximum atomic E-state index is 13.4. The first kappa shape index (κ1) is 29.0. The quantitative estimate of drug-likeness (QED) is 0.252. The Morgan fingerprint density at radius 1 is 0.923 bits per heavy atom. The zero-order chi connectivity index (χ0) is 28.9. The van der Waals surface area contributed by atoms with Gasteiger partial charge < -0.3 is 9.84 Å². The number of Topliss-reactive ketones (excluding diaryl/α,β-unsaturated/α-hetero) is 2. The maximum Gasteiger partial charge on any atom is 0.373 e. The van der Waals surface area contributed by atoms with E-state index < -0.39 is 17.2 Å². The standard InChI is InChI=1S/C32H47O6P/c1-17(2)24-20(34)16-32(26(35)27(36)37)15-14-29(5)19(25(24)32)8-9-21-28(4)12-11-23(38-18(3)33)31(7,39)22(28)10-13-30(21,29)6/h17,19,21-23H,8-16,39H2,1-7H3,(H,36,37)/t19?,21?,22?,23-,28+,29+,30+,31-,32+/m0/s1. The summed E-state index contributed by atoms with van der Waals surface area (Å²) in [5.74, 6) is -1.56. The summed E-state index contributed by atoms with van der Waals surface area (Å²) in [7, 11) is 3.08. The van der Waals surface area contributed by atoms with E-state index in [9.17, 15) is 24.3 Å². The van der Waals surface area contributed by atoms with Crippen molar-refractivity contribution in [3.05, 3.63) is 11.1 Å². The Kier molecular flexibility index (Phi) is 6.66. The summed E-state index contributed by atoms with van der Waals surface area (Å²) in [6, 6.07) is 0. The third-order valence-electron chi connectivity index (χ3n) is 13.0. The summed E-state index contributed by atoms with van der Waals surface area (Å²) in [5, 5.41) is 9.66. The van der Waals surface area contributed by atoms with Gasteiger partial charge in [-0.3, -0.25) is 14.4 Å². The summed E-state index contributed by atoms with van der Waals surface area (Å²) in [5.41, 5.74) is 0.413. The molecule has 0 aromatic heterocycles. The minimum Gasteiger partial charge on any atom is -0.475 e. The van der Waals surface area contributed by atoms with E-state index in [0.717, 1.165) is 56.1 Å². The van der Waals surface area contributed by atoms with Gasteiger partial charge in [-0.05, 0) is 102 Å². The highest BCUT2D eigenvalue weighted by Gasteiger charge is 2.71. The molecule has 0 bridgehead atoms. The van der Waals surface area contributed by atoms with Gasteiger partial charge in [0.2, 0.25) is 5.78 Å². The molecular formula is C32H47O6P. The number of esters is 1. The number of allylic oxidation sites excluding steroid dienone is 2. The third-order valence-corrected chi connectivity index (χ3v) is 13.8. The van der Waals surface area contributed by atoms with Crippen molar-refractivity contribution in [2.75, 3.05) is 0 Å². The normalized spacial score (nSPS) is 47.2. The van der Waals surface area contributed by atoms with Crippen molar-refractivity contribution in [1.82, 2.24) is 0 Å². The van der Waals surface area contributed by atoms with E-state index in [1.54, 1.807) is 0 Å². The van der Waals surface area contributed by atoms with Gasteiger partial charge in [0.05, 0.1) is 5.41 Å². The highest BCUT2D eigenvalue weighted by atomic mass is 31.0. The van der Waals surface area contributed by atoms with Crippen LogP contribution in [-0.4, -0.2) is 39.9 Å². The maximum absolute atomic E-state index is 13.4. The molecule has 39 heavy (non-hydrogen) atoms. The van der Waals surface area contributed by atoms with Gasteiger partial charge >= 0.3 is 11.9 Å². The Labute approximate surface area is 235 Å². The van der Waals surface area contributed by atoms with E-state index >= 15 is 0 Å². The van der Waals surface area contributed by atoms with E-state index in [4.69, 9.17) is 4.74 Å². The molecule has 216 valence electrons. The molecule has 0 aromatic rings. The topological polar surface area (TPSA) is 97.7 Å². The number of rotatable bonds is 4. The van der Waals surface area contributed by atoms with Crippen molar-refractivity contribution in [3.63, 3.8) is 0 Å². The molecular weight excluding hydrogens is 511 g/mol. The van der Waals surface area contributed by atoms with Gasteiger partial charge in [0, 0.05) is 18.5 Å². The minimum absolute atomic E-state index is 0.00462. The van der Waals surface area contributed by atoms with Gasteiger partial charge in [-0.25, -0.2) is 4.79 Å². The van der Waals surface area contributed by atoms with Crippen LogP contribution in [0.25, 0.3) is 0 Å². The first-order valence-corrected chi connectivity index (χ1v) is 15.6. The lowest BCUT2D eigenvalue weighted by molar-refractivity contribution is -0.210. The molecule has 0 amide bonds. The Bertz CT molecular complexity index is 1170. The van der Waals surface area contributed by atoms with E-state index in [2.05, 4.69) is 36.9 Å². The molecule has 4 unspecified atom stereocenters. The molecule has 6 nitrogen and oxygen atoms in total. The molecule has 5 aliphatic rings. The second-order valence-corrected chi connectivity index (χ2v) is 16.2. The monoisotopic (exact) mass is 558 g/mol. The summed E-state index contributed by atoms with van der Waals surface area (Å²) in [6.45, 7) is 15.1. The van der Waals surface area contributed by atoms with Crippen molar-refractivity contribution in [2.45, 2.75) is 118 Å². The Morgan fingerprint density at radius 3 is 2.18 bits per heavy atom. The molecule has 7 heteroatoms. The summed E-state index contributed by atoms with van der Waals surface area (Å²) >= 11 is 0. The van der Waals surface area contributed by atoms with Crippen molar-refractivity contribution < 1.29 is 29.0 Å². The average Bonchev–Trinajstić information content (AvgIpc) is 3.13. The average molecular weight is 559 g/mol. The van der Waals surface area contributed by atoms with Crippen molar-refractivity contribution >= 4 is 32.7 Å². The van der Waals surface area contributed by atoms with E-state index in [1.807, 2.05) is 13.8 Å². The van der Waals surface area contributed by atoms with Crippen LogP contribution in [0.2, 0.25) is 0 Å². The zero-order valence-corrected chi connectivity index (χ0v) is 26.0. The van der Waals surface area contributed by atoms with Crippen LogP contribution >= 0.6 is 9.24 Å². The molecule has 10 atom stereocenters. The fraction of sp³-hybridized carbons (Fsp3) is 0.812. The molecule has 0 radical (unpaired) electrons. The number of hydrogen-bond donors (Lipinski definition) is 1. The van der Waals surface area contributed by atoms with Crippen LogP contribution in [0.3, 0.4) is 0 Å². The van der Waals surface area contributed by atoms with Crippen LogP contribution in [0.4, 0.5) is 0 Å². The molecule has 5 aliphatic carbocycles. The largest absolute Gasteiger partial charge is 0.475 e. The lowest BCUT2D eigenvalue weighted by atomic mass is 9.33. The smallest absolute Gasteiger partial charge is 0.373 e. The van der Waals surface area contributed by atoms with Crippen molar-refractivity contribution in [1.29, 1.82) is 0 Å². The lowest BCUT2D eigenvalue weighted by Crippen LogP contribution is -2.67. The van der Waals surface area contributed by atoms with Crippen molar-refractivity contribution in [2.24, 2.45) is 45.3 Å². The third kappa shape index (κ3) is 3.68. The first-order valence-electron chi connectivity index (χ1n) is 15.0.